The van der Waals surface area contributed by atoms with Crippen molar-refractivity contribution in [3.8, 4) is 11.3 Å². The first-order valence-electron chi connectivity index (χ1n) is 5.53. The summed E-state index contributed by atoms with van der Waals surface area (Å²) in [6, 6.07) is 1.92. The van der Waals surface area contributed by atoms with Crippen molar-refractivity contribution in [2.45, 2.75) is 26.2 Å². The number of nitrogens with two attached hydrogens (primary N) is 1. The number of aromatic amines is 1. The number of nitrogens with one attached hydrogen (secondary N) is 1. The molecule has 0 saturated heterocycles. The molecule has 2 aromatic heterocycles. The van der Waals surface area contributed by atoms with E-state index >= 15 is 0 Å². The summed E-state index contributed by atoms with van der Waals surface area (Å²) in [5.74, 6) is 0.426. The summed E-state index contributed by atoms with van der Waals surface area (Å²) in [6.45, 7) is 4.92. The Labute approximate surface area is 94.8 Å². The Morgan fingerprint density at radius 3 is 2.88 bits per heavy atom. The van der Waals surface area contributed by atoms with Crippen LogP contribution in [0.1, 0.15) is 31.0 Å². The minimum atomic E-state index is 0.426. The summed E-state index contributed by atoms with van der Waals surface area (Å²) in [5, 5.41) is 7.46. The van der Waals surface area contributed by atoms with Crippen LogP contribution in [0.15, 0.2) is 23.0 Å². The van der Waals surface area contributed by atoms with Crippen molar-refractivity contribution < 1.29 is 4.42 Å². The second kappa shape index (κ2) is 4.53. The molecule has 3 N–H and O–H groups in total. The highest BCUT2D eigenvalue weighted by molar-refractivity contribution is 5.63. The van der Waals surface area contributed by atoms with Gasteiger partial charge in [0, 0.05) is 16.8 Å². The predicted octanol–water partition coefficient (Wildman–Crippen LogP) is 2.29. The number of rotatable bonds is 4. The molecular weight excluding hydrogens is 202 g/mol. The van der Waals surface area contributed by atoms with Crippen molar-refractivity contribution in [3.05, 3.63) is 29.9 Å². The highest BCUT2D eigenvalue weighted by atomic mass is 16.3. The van der Waals surface area contributed by atoms with Crippen LogP contribution in [-0.4, -0.2) is 16.7 Å². The average Bonchev–Trinajstić information content (AvgIpc) is 2.84. The van der Waals surface area contributed by atoms with Crippen LogP contribution < -0.4 is 5.73 Å². The molecule has 2 heterocycles. The first-order chi connectivity index (χ1) is 7.74. The zero-order valence-corrected chi connectivity index (χ0v) is 9.66. The zero-order valence-electron chi connectivity index (χ0n) is 9.66. The summed E-state index contributed by atoms with van der Waals surface area (Å²) in [6.07, 6.45) is 4.20. The SMILES string of the molecule is CC(C)c1[nH]nc(-c2ccoc2)c1CCN. The van der Waals surface area contributed by atoms with Crippen molar-refractivity contribution in [2.75, 3.05) is 6.54 Å². The molecule has 0 aromatic carbocycles. The van der Waals surface area contributed by atoms with E-state index in [1.165, 1.54) is 11.3 Å². The summed E-state index contributed by atoms with van der Waals surface area (Å²) in [4.78, 5) is 0. The third-order valence-electron chi connectivity index (χ3n) is 2.67. The second-order valence-corrected chi connectivity index (χ2v) is 4.17. The molecule has 0 amide bonds. The van der Waals surface area contributed by atoms with E-state index in [-0.39, 0.29) is 0 Å². The van der Waals surface area contributed by atoms with Crippen molar-refractivity contribution in [3.63, 3.8) is 0 Å². The van der Waals surface area contributed by atoms with Crippen LogP contribution in [0.2, 0.25) is 0 Å². The van der Waals surface area contributed by atoms with E-state index in [9.17, 15) is 0 Å². The molecule has 0 saturated carbocycles. The van der Waals surface area contributed by atoms with E-state index in [1.807, 2.05) is 6.07 Å². The highest BCUT2D eigenvalue weighted by Crippen LogP contribution is 2.28. The molecule has 0 aliphatic heterocycles. The number of aromatic nitrogens is 2. The smallest absolute Gasteiger partial charge is 0.0997 e. The predicted molar refractivity (Wildman–Crippen MR) is 63.1 cm³/mol. The molecule has 0 aliphatic rings. The zero-order chi connectivity index (χ0) is 11.5. The lowest BCUT2D eigenvalue weighted by Crippen LogP contribution is -2.05. The lowest BCUT2D eigenvalue weighted by atomic mass is 9.99. The lowest BCUT2D eigenvalue weighted by Gasteiger charge is -2.06. The molecule has 2 aromatic rings. The van der Waals surface area contributed by atoms with Crippen molar-refractivity contribution in [1.82, 2.24) is 10.2 Å². The monoisotopic (exact) mass is 219 g/mol. The van der Waals surface area contributed by atoms with Crippen molar-refractivity contribution >= 4 is 0 Å². The Morgan fingerprint density at radius 1 is 1.50 bits per heavy atom. The number of H-pyrrole nitrogens is 1. The fraction of sp³-hybridized carbons (Fsp3) is 0.417. The molecule has 4 nitrogen and oxygen atoms in total. The Morgan fingerprint density at radius 2 is 2.31 bits per heavy atom. The summed E-state index contributed by atoms with van der Waals surface area (Å²) in [5.41, 5.74) is 9.99. The molecular formula is C12H17N3O. The van der Waals surface area contributed by atoms with Gasteiger partial charge in [0.25, 0.3) is 0 Å². The molecule has 0 unspecified atom stereocenters. The maximum atomic E-state index is 5.65. The fourth-order valence-electron chi connectivity index (χ4n) is 1.89. The highest BCUT2D eigenvalue weighted by Gasteiger charge is 2.16. The van der Waals surface area contributed by atoms with Crippen LogP contribution in [0.5, 0.6) is 0 Å². The fourth-order valence-corrected chi connectivity index (χ4v) is 1.89. The summed E-state index contributed by atoms with van der Waals surface area (Å²) >= 11 is 0. The lowest BCUT2D eigenvalue weighted by molar-refractivity contribution is 0.568. The van der Waals surface area contributed by atoms with Gasteiger partial charge in [-0.05, 0) is 24.9 Å². The third kappa shape index (κ3) is 1.88. The first kappa shape index (κ1) is 11.0. The first-order valence-corrected chi connectivity index (χ1v) is 5.53. The maximum Gasteiger partial charge on any atom is 0.0997 e. The molecule has 0 atom stereocenters. The topological polar surface area (TPSA) is 67.8 Å². The number of hydrogen-bond donors (Lipinski definition) is 2. The molecule has 0 fully saturated rings. The van der Waals surface area contributed by atoms with Crippen LogP contribution >= 0.6 is 0 Å². The second-order valence-electron chi connectivity index (χ2n) is 4.17. The quantitative estimate of drug-likeness (QED) is 0.829. The van der Waals surface area contributed by atoms with Gasteiger partial charge in [-0.2, -0.15) is 5.10 Å². The Hall–Kier alpha value is -1.55. The summed E-state index contributed by atoms with van der Waals surface area (Å²) in [7, 11) is 0. The number of nitrogens with zero attached hydrogens (tertiary/aromatic N) is 1. The van der Waals surface area contributed by atoms with E-state index in [1.54, 1.807) is 12.5 Å². The maximum absolute atomic E-state index is 5.65. The van der Waals surface area contributed by atoms with Gasteiger partial charge < -0.3 is 10.2 Å². The summed E-state index contributed by atoms with van der Waals surface area (Å²) < 4.78 is 5.09. The van der Waals surface area contributed by atoms with E-state index in [0.29, 0.717) is 12.5 Å². The van der Waals surface area contributed by atoms with Crippen LogP contribution in [0.4, 0.5) is 0 Å². The van der Waals surface area contributed by atoms with Gasteiger partial charge in [-0.1, -0.05) is 13.8 Å². The van der Waals surface area contributed by atoms with Gasteiger partial charge in [0.2, 0.25) is 0 Å². The standard InChI is InChI=1S/C12H17N3O/c1-8(2)11-10(3-5-13)12(15-14-11)9-4-6-16-7-9/h4,6-8H,3,5,13H2,1-2H3,(H,14,15). The third-order valence-corrected chi connectivity index (χ3v) is 2.67. The van der Waals surface area contributed by atoms with Gasteiger partial charge in [-0.25, -0.2) is 0 Å². The molecule has 0 spiro atoms. The Bertz CT molecular complexity index is 443. The van der Waals surface area contributed by atoms with Crippen molar-refractivity contribution in [2.24, 2.45) is 5.73 Å². The van der Waals surface area contributed by atoms with Crippen molar-refractivity contribution in [1.29, 1.82) is 0 Å². The molecule has 16 heavy (non-hydrogen) atoms. The van der Waals surface area contributed by atoms with Gasteiger partial charge in [0.1, 0.15) is 0 Å². The Balaban J connectivity index is 2.46. The average molecular weight is 219 g/mol. The normalized spacial score (nSPS) is 11.2. The number of hydrogen-bond acceptors (Lipinski definition) is 3. The van der Waals surface area contributed by atoms with Crippen LogP contribution in [0.25, 0.3) is 11.3 Å². The molecule has 0 bridgehead atoms. The van der Waals surface area contributed by atoms with Gasteiger partial charge in [0.05, 0.1) is 18.2 Å². The largest absolute Gasteiger partial charge is 0.472 e. The van der Waals surface area contributed by atoms with E-state index in [4.69, 9.17) is 10.2 Å². The van der Waals surface area contributed by atoms with Crippen LogP contribution in [0.3, 0.4) is 0 Å². The molecule has 86 valence electrons. The minimum absolute atomic E-state index is 0.426. The van der Waals surface area contributed by atoms with E-state index < -0.39 is 0 Å². The minimum Gasteiger partial charge on any atom is -0.472 e. The van der Waals surface area contributed by atoms with Gasteiger partial charge >= 0.3 is 0 Å². The van der Waals surface area contributed by atoms with Gasteiger partial charge in [-0.15, -0.1) is 0 Å². The van der Waals surface area contributed by atoms with Gasteiger partial charge in [-0.3, -0.25) is 5.10 Å². The number of furan rings is 1. The van der Waals surface area contributed by atoms with Gasteiger partial charge in [0.15, 0.2) is 0 Å². The van der Waals surface area contributed by atoms with E-state index in [0.717, 1.165) is 17.7 Å². The van der Waals surface area contributed by atoms with Crippen LogP contribution in [0, 0.1) is 0 Å². The Kier molecular flexibility index (Phi) is 3.10. The molecule has 0 aliphatic carbocycles. The molecule has 4 heteroatoms. The van der Waals surface area contributed by atoms with E-state index in [2.05, 4.69) is 24.0 Å². The molecule has 2 rings (SSSR count). The van der Waals surface area contributed by atoms with Crippen LogP contribution in [-0.2, 0) is 6.42 Å². The molecule has 0 radical (unpaired) electrons.